The first-order valence-corrected chi connectivity index (χ1v) is 6.11. The summed E-state index contributed by atoms with van der Waals surface area (Å²) in [4.78, 5) is 11.4. The second-order valence-electron chi connectivity index (χ2n) is 4.62. The van der Waals surface area contributed by atoms with Gasteiger partial charge >= 0.3 is 5.97 Å². The molecule has 1 aromatic rings. The smallest absolute Gasteiger partial charge is 0.312 e. The quantitative estimate of drug-likeness (QED) is 0.872. The van der Waals surface area contributed by atoms with Gasteiger partial charge in [0.05, 0.1) is 11.5 Å². The predicted octanol–water partition coefficient (Wildman–Crippen LogP) is 3.02. The molecule has 0 saturated heterocycles. The summed E-state index contributed by atoms with van der Waals surface area (Å²) in [5.41, 5.74) is -0.396. The first kappa shape index (κ1) is 12.4. The zero-order valence-electron chi connectivity index (χ0n) is 9.40. The maximum Gasteiger partial charge on any atom is 0.312 e. The Morgan fingerprint density at radius 3 is 2.24 bits per heavy atom. The van der Waals surface area contributed by atoms with Gasteiger partial charge in [0.15, 0.2) is 0 Å². The monoisotopic (exact) mass is 254 g/mol. The lowest BCUT2D eigenvalue weighted by molar-refractivity contribution is -0.156. The average molecular weight is 255 g/mol. The Bertz CT molecular complexity index is 407. The van der Waals surface area contributed by atoms with E-state index in [4.69, 9.17) is 11.6 Å². The van der Waals surface area contributed by atoms with E-state index in [9.17, 15) is 15.0 Å². The Morgan fingerprint density at radius 2 is 1.76 bits per heavy atom. The van der Waals surface area contributed by atoms with Crippen LogP contribution in [0.1, 0.15) is 37.4 Å². The van der Waals surface area contributed by atoms with Crippen LogP contribution in [0.15, 0.2) is 24.3 Å². The molecule has 0 spiro atoms. The Morgan fingerprint density at radius 1 is 1.24 bits per heavy atom. The first-order chi connectivity index (χ1) is 8.06. The number of benzene rings is 1. The van der Waals surface area contributed by atoms with Crippen LogP contribution >= 0.6 is 11.6 Å². The Hall–Kier alpha value is -1.06. The molecular weight excluding hydrogens is 240 g/mol. The van der Waals surface area contributed by atoms with Crippen LogP contribution in [-0.4, -0.2) is 16.2 Å². The molecule has 1 saturated carbocycles. The molecule has 0 heterocycles. The lowest BCUT2D eigenvalue weighted by atomic mass is 9.77. The Labute approximate surface area is 105 Å². The molecule has 0 bridgehead atoms. The SMILES string of the molecule is O=C(O)C1([C@@H](O)c2ccc(Cl)cc2)CCCC1. The van der Waals surface area contributed by atoms with Crippen LogP contribution < -0.4 is 0 Å². The third-order valence-electron chi connectivity index (χ3n) is 3.63. The zero-order valence-corrected chi connectivity index (χ0v) is 10.2. The maximum absolute atomic E-state index is 11.4. The molecule has 0 amide bonds. The van der Waals surface area contributed by atoms with Gasteiger partial charge < -0.3 is 10.2 Å². The van der Waals surface area contributed by atoms with Gasteiger partial charge in [-0.25, -0.2) is 0 Å². The summed E-state index contributed by atoms with van der Waals surface area (Å²) in [5.74, 6) is -0.905. The third kappa shape index (κ3) is 2.17. The van der Waals surface area contributed by atoms with Gasteiger partial charge in [0.2, 0.25) is 0 Å². The van der Waals surface area contributed by atoms with Gasteiger partial charge in [0.1, 0.15) is 0 Å². The van der Waals surface area contributed by atoms with Crippen molar-refractivity contribution in [2.75, 3.05) is 0 Å². The van der Waals surface area contributed by atoms with Crippen LogP contribution in [0.2, 0.25) is 5.02 Å². The summed E-state index contributed by atoms with van der Waals surface area (Å²) in [5, 5.41) is 20.3. The van der Waals surface area contributed by atoms with E-state index >= 15 is 0 Å². The molecule has 1 atom stereocenters. The summed E-state index contributed by atoms with van der Waals surface area (Å²) < 4.78 is 0. The topological polar surface area (TPSA) is 57.5 Å². The van der Waals surface area contributed by atoms with Gasteiger partial charge in [-0.1, -0.05) is 36.6 Å². The van der Waals surface area contributed by atoms with E-state index in [1.165, 1.54) is 0 Å². The van der Waals surface area contributed by atoms with Gasteiger partial charge in [-0.15, -0.1) is 0 Å². The number of carboxylic acid groups (broad SMARTS) is 1. The highest BCUT2D eigenvalue weighted by Crippen LogP contribution is 2.47. The van der Waals surface area contributed by atoms with E-state index < -0.39 is 17.5 Å². The highest BCUT2D eigenvalue weighted by molar-refractivity contribution is 6.30. The van der Waals surface area contributed by atoms with Crippen LogP contribution in [0, 0.1) is 5.41 Å². The van der Waals surface area contributed by atoms with Crippen molar-refractivity contribution < 1.29 is 15.0 Å². The van der Waals surface area contributed by atoms with Gasteiger partial charge in [0, 0.05) is 5.02 Å². The summed E-state index contributed by atoms with van der Waals surface area (Å²) in [7, 11) is 0. The standard InChI is InChI=1S/C13H15ClO3/c14-10-5-3-9(4-6-10)11(15)13(12(16)17)7-1-2-8-13/h3-6,11,15H,1-2,7-8H2,(H,16,17)/t11-/m0/s1. The molecule has 1 aromatic carbocycles. The second-order valence-corrected chi connectivity index (χ2v) is 5.06. The van der Waals surface area contributed by atoms with Crippen LogP contribution in [-0.2, 0) is 4.79 Å². The van der Waals surface area contributed by atoms with E-state index in [-0.39, 0.29) is 0 Å². The van der Waals surface area contributed by atoms with Crippen molar-refractivity contribution in [2.45, 2.75) is 31.8 Å². The number of carboxylic acids is 1. The molecule has 0 aliphatic heterocycles. The minimum atomic E-state index is -1.02. The molecule has 0 unspecified atom stereocenters. The molecule has 4 heteroatoms. The van der Waals surface area contributed by atoms with E-state index in [0.717, 1.165) is 12.8 Å². The van der Waals surface area contributed by atoms with Crippen LogP contribution in [0.25, 0.3) is 0 Å². The fraction of sp³-hybridized carbons (Fsp3) is 0.462. The van der Waals surface area contributed by atoms with Crippen molar-refractivity contribution in [2.24, 2.45) is 5.41 Å². The van der Waals surface area contributed by atoms with Crippen LogP contribution in [0.5, 0.6) is 0 Å². The molecule has 17 heavy (non-hydrogen) atoms. The van der Waals surface area contributed by atoms with Crippen LogP contribution in [0.4, 0.5) is 0 Å². The fourth-order valence-electron chi connectivity index (χ4n) is 2.57. The second kappa shape index (κ2) is 4.67. The number of aliphatic carboxylic acids is 1. The van der Waals surface area contributed by atoms with Crippen molar-refractivity contribution in [3.63, 3.8) is 0 Å². The number of hydrogen-bond donors (Lipinski definition) is 2. The normalized spacial score (nSPS) is 20.1. The molecule has 92 valence electrons. The minimum absolute atomic E-state index is 0.534. The number of rotatable bonds is 3. The van der Waals surface area contributed by atoms with E-state index in [0.29, 0.717) is 23.4 Å². The largest absolute Gasteiger partial charge is 0.481 e. The molecular formula is C13H15ClO3. The van der Waals surface area contributed by atoms with Crippen molar-refractivity contribution in [3.05, 3.63) is 34.9 Å². The van der Waals surface area contributed by atoms with E-state index in [2.05, 4.69) is 0 Å². The molecule has 1 fully saturated rings. The molecule has 1 aliphatic carbocycles. The Balaban J connectivity index is 2.31. The fourth-order valence-corrected chi connectivity index (χ4v) is 2.70. The van der Waals surface area contributed by atoms with E-state index in [1.54, 1.807) is 24.3 Å². The average Bonchev–Trinajstić information content (AvgIpc) is 2.79. The molecule has 3 nitrogen and oxygen atoms in total. The van der Waals surface area contributed by atoms with E-state index in [1.807, 2.05) is 0 Å². The summed E-state index contributed by atoms with van der Waals surface area (Å²) >= 11 is 5.78. The number of halogens is 1. The molecule has 2 rings (SSSR count). The zero-order chi connectivity index (χ0) is 12.5. The molecule has 0 radical (unpaired) electrons. The lowest BCUT2D eigenvalue weighted by Gasteiger charge is -2.30. The van der Waals surface area contributed by atoms with Gasteiger partial charge in [-0.3, -0.25) is 4.79 Å². The minimum Gasteiger partial charge on any atom is -0.481 e. The molecule has 2 N–H and O–H groups in total. The van der Waals surface area contributed by atoms with Gasteiger partial charge in [-0.2, -0.15) is 0 Å². The lowest BCUT2D eigenvalue weighted by Crippen LogP contribution is -2.34. The van der Waals surface area contributed by atoms with Gasteiger partial charge in [0.25, 0.3) is 0 Å². The third-order valence-corrected chi connectivity index (χ3v) is 3.88. The maximum atomic E-state index is 11.4. The Kier molecular flexibility index (Phi) is 3.40. The molecule has 1 aliphatic rings. The summed E-state index contributed by atoms with van der Waals surface area (Å²) in [6, 6.07) is 6.72. The van der Waals surface area contributed by atoms with Gasteiger partial charge in [-0.05, 0) is 30.5 Å². The number of hydrogen-bond acceptors (Lipinski definition) is 2. The number of aliphatic hydroxyl groups excluding tert-OH is 1. The highest BCUT2D eigenvalue weighted by atomic mass is 35.5. The first-order valence-electron chi connectivity index (χ1n) is 5.73. The molecule has 0 aromatic heterocycles. The highest BCUT2D eigenvalue weighted by Gasteiger charge is 2.47. The number of aliphatic hydroxyl groups is 1. The predicted molar refractivity (Wildman–Crippen MR) is 64.9 cm³/mol. The van der Waals surface area contributed by atoms with Crippen molar-refractivity contribution in [1.82, 2.24) is 0 Å². The summed E-state index contributed by atoms with van der Waals surface area (Å²) in [6.07, 6.45) is 1.83. The van der Waals surface area contributed by atoms with Crippen LogP contribution in [0.3, 0.4) is 0 Å². The van der Waals surface area contributed by atoms with Crippen molar-refractivity contribution in [3.8, 4) is 0 Å². The van der Waals surface area contributed by atoms with Crippen molar-refractivity contribution >= 4 is 17.6 Å². The number of carbonyl (C=O) groups is 1. The summed E-state index contributed by atoms with van der Waals surface area (Å²) in [6.45, 7) is 0. The van der Waals surface area contributed by atoms with Crippen molar-refractivity contribution in [1.29, 1.82) is 0 Å².